The first-order valence-electron chi connectivity index (χ1n) is 10.3. The Morgan fingerprint density at radius 3 is 2.52 bits per heavy atom. The quantitative estimate of drug-likeness (QED) is 0.380. The van der Waals surface area contributed by atoms with Crippen molar-refractivity contribution < 1.29 is 4.79 Å². The molecule has 0 spiro atoms. The normalized spacial score (nSPS) is 14.6. The molecular weight excluding hydrogens is 483 g/mol. The number of nitrogens with one attached hydrogen (secondary N) is 1. The first-order chi connectivity index (χ1) is 16.0. The first kappa shape index (κ1) is 23.4. The van der Waals surface area contributed by atoms with Gasteiger partial charge in [-0.1, -0.05) is 47.5 Å². The number of carbonyl (C=O) groups excluding carboxylic acids is 1. The number of hydrogen-bond acceptors (Lipinski definition) is 6. The molecule has 1 fully saturated rings. The predicted molar refractivity (Wildman–Crippen MR) is 133 cm³/mol. The van der Waals surface area contributed by atoms with Crippen LogP contribution in [0.2, 0.25) is 15.5 Å². The summed E-state index contributed by atoms with van der Waals surface area (Å²) < 4.78 is 0. The highest BCUT2D eigenvalue weighted by Crippen LogP contribution is 2.26. The van der Waals surface area contributed by atoms with Crippen LogP contribution >= 0.6 is 34.8 Å². The standard InChI is InChI=1S/C23H21Cl3N6O/c24-18-5-3-16(4-6-18)2-1-9-31-10-12-32(13-11-31)21-19(15-28-23(26)30-21)29-22(33)17-7-8-27-20(25)14-17/h1-8,14-15H,9-13H2,(H,29,33)/b2-1+. The molecule has 0 atom stereocenters. The molecule has 2 aromatic heterocycles. The number of halogens is 3. The highest BCUT2D eigenvalue weighted by molar-refractivity contribution is 6.30. The fourth-order valence-corrected chi connectivity index (χ4v) is 3.90. The van der Waals surface area contributed by atoms with Gasteiger partial charge in [-0.15, -0.1) is 0 Å². The van der Waals surface area contributed by atoms with E-state index in [2.05, 4.69) is 42.2 Å². The lowest BCUT2D eigenvalue weighted by Crippen LogP contribution is -2.47. The van der Waals surface area contributed by atoms with Crippen LogP contribution in [0.1, 0.15) is 15.9 Å². The number of benzene rings is 1. The maximum absolute atomic E-state index is 12.7. The van der Waals surface area contributed by atoms with Crippen LogP contribution in [-0.4, -0.2) is 58.5 Å². The summed E-state index contributed by atoms with van der Waals surface area (Å²) in [7, 11) is 0. The van der Waals surface area contributed by atoms with Crippen molar-refractivity contribution in [3.63, 3.8) is 0 Å². The summed E-state index contributed by atoms with van der Waals surface area (Å²) in [6.45, 7) is 4.02. The van der Waals surface area contributed by atoms with Gasteiger partial charge in [-0.3, -0.25) is 9.69 Å². The predicted octanol–water partition coefficient (Wildman–Crippen LogP) is 4.92. The highest BCUT2D eigenvalue weighted by atomic mass is 35.5. The molecule has 4 rings (SSSR count). The molecule has 0 bridgehead atoms. The van der Waals surface area contributed by atoms with E-state index in [1.165, 1.54) is 18.5 Å². The first-order valence-corrected chi connectivity index (χ1v) is 11.5. The second-order valence-electron chi connectivity index (χ2n) is 7.44. The highest BCUT2D eigenvalue weighted by Gasteiger charge is 2.22. The van der Waals surface area contributed by atoms with Crippen LogP contribution < -0.4 is 10.2 Å². The lowest BCUT2D eigenvalue weighted by molar-refractivity contribution is 0.102. The number of aromatic nitrogens is 3. The molecule has 0 aliphatic carbocycles. The summed E-state index contributed by atoms with van der Waals surface area (Å²) in [4.78, 5) is 29.4. The minimum absolute atomic E-state index is 0.128. The molecule has 0 saturated carbocycles. The third-order valence-corrected chi connectivity index (χ3v) is 5.83. The van der Waals surface area contributed by atoms with Gasteiger partial charge in [0.25, 0.3) is 5.91 Å². The SMILES string of the molecule is O=C(Nc1cnc(Cl)nc1N1CCN(C/C=C/c2ccc(Cl)cc2)CC1)c1ccnc(Cl)c1. The Balaban J connectivity index is 1.38. The van der Waals surface area contributed by atoms with Crippen LogP contribution in [0, 0.1) is 0 Å². The molecule has 3 heterocycles. The minimum atomic E-state index is -0.322. The molecule has 1 aromatic carbocycles. The van der Waals surface area contributed by atoms with Crippen molar-refractivity contribution in [1.29, 1.82) is 0 Å². The average Bonchev–Trinajstić information content (AvgIpc) is 2.82. The van der Waals surface area contributed by atoms with Gasteiger partial charge >= 0.3 is 0 Å². The van der Waals surface area contributed by atoms with Crippen molar-refractivity contribution in [2.45, 2.75) is 0 Å². The second-order valence-corrected chi connectivity index (χ2v) is 8.60. The Kier molecular flexibility index (Phi) is 7.77. The molecule has 0 unspecified atom stereocenters. The summed E-state index contributed by atoms with van der Waals surface area (Å²) in [6, 6.07) is 10.8. The number of amides is 1. The zero-order valence-corrected chi connectivity index (χ0v) is 19.9. The van der Waals surface area contributed by atoms with Crippen LogP contribution in [0.15, 0.2) is 54.9 Å². The third-order valence-electron chi connectivity index (χ3n) is 5.19. The maximum Gasteiger partial charge on any atom is 0.255 e. The molecule has 1 aliphatic rings. The number of rotatable bonds is 6. The maximum atomic E-state index is 12.7. The van der Waals surface area contributed by atoms with Gasteiger partial charge in [-0.25, -0.2) is 9.97 Å². The number of carbonyl (C=O) groups is 1. The van der Waals surface area contributed by atoms with E-state index in [4.69, 9.17) is 34.8 Å². The van der Waals surface area contributed by atoms with Gasteiger partial charge in [0.2, 0.25) is 5.28 Å². The largest absolute Gasteiger partial charge is 0.352 e. The summed E-state index contributed by atoms with van der Waals surface area (Å²) in [6.07, 6.45) is 7.24. The van der Waals surface area contributed by atoms with E-state index in [0.29, 0.717) is 17.1 Å². The Morgan fingerprint density at radius 2 is 1.79 bits per heavy atom. The van der Waals surface area contributed by atoms with Crippen molar-refractivity contribution in [3.8, 4) is 0 Å². The van der Waals surface area contributed by atoms with E-state index in [0.717, 1.165) is 43.3 Å². The van der Waals surface area contributed by atoms with Gasteiger partial charge in [0.15, 0.2) is 5.82 Å². The molecule has 0 radical (unpaired) electrons. The molecule has 1 saturated heterocycles. The van der Waals surface area contributed by atoms with Crippen LogP contribution in [0.25, 0.3) is 6.08 Å². The minimum Gasteiger partial charge on any atom is -0.352 e. The molecular formula is C23H21Cl3N6O. The number of pyridine rings is 1. The fourth-order valence-electron chi connectivity index (χ4n) is 3.47. The van der Waals surface area contributed by atoms with E-state index in [1.807, 2.05) is 24.3 Å². The van der Waals surface area contributed by atoms with E-state index in [-0.39, 0.29) is 16.3 Å². The van der Waals surface area contributed by atoms with Gasteiger partial charge < -0.3 is 10.2 Å². The molecule has 1 N–H and O–H groups in total. The second kappa shape index (κ2) is 10.9. The molecule has 1 amide bonds. The van der Waals surface area contributed by atoms with Gasteiger partial charge in [0.05, 0.1) is 6.20 Å². The van der Waals surface area contributed by atoms with Gasteiger partial charge in [-0.05, 0) is 41.4 Å². The zero-order valence-electron chi connectivity index (χ0n) is 17.6. The van der Waals surface area contributed by atoms with Crippen LogP contribution in [0.4, 0.5) is 11.5 Å². The van der Waals surface area contributed by atoms with E-state index in [1.54, 1.807) is 6.07 Å². The third kappa shape index (κ3) is 6.42. The Bertz CT molecular complexity index is 1150. The lowest BCUT2D eigenvalue weighted by Gasteiger charge is -2.35. The average molecular weight is 504 g/mol. The van der Waals surface area contributed by atoms with Crippen molar-refractivity contribution in [3.05, 3.63) is 81.5 Å². The molecule has 1 aliphatic heterocycles. The fraction of sp³-hybridized carbons (Fsp3) is 0.217. The summed E-state index contributed by atoms with van der Waals surface area (Å²) >= 11 is 17.9. The molecule has 170 valence electrons. The Morgan fingerprint density at radius 1 is 1.03 bits per heavy atom. The van der Waals surface area contributed by atoms with Crippen molar-refractivity contribution in [1.82, 2.24) is 19.9 Å². The Hall–Kier alpha value is -2.71. The topological polar surface area (TPSA) is 74.2 Å². The van der Waals surface area contributed by atoms with Gasteiger partial charge in [0, 0.05) is 49.5 Å². The smallest absolute Gasteiger partial charge is 0.255 e. The monoisotopic (exact) mass is 502 g/mol. The van der Waals surface area contributed by atoms with E-state index < -0.39 is 0 Å². The molecule has 33 heavy (non-hydrogen) atoms. The number of hydrogen-bond donors (Lipinski definition) is 1. The summed E-state index contributed by atoms with van der Waals surface area (Å²) in [5, 5.41) is 3.97. The van der Waals surface area contributed by atoms with Crippen LogP contribution in [-0.2, 0) is 0 Å². The van der Waals surface area contributed by atoms with Crippen molar-refractivity contribution in [2.24, 2.45) is 0 Å². The number of nitrogens with zero attached hydrogens (tertiary/aromatic N) is 5. The summed E-state index contributed by atoms with van der Waals surface area (Å²) in [5.41, 5.74) is 2.01. The van der Waals surface area contributed by atoms with E-state index >= 15 is 0 Å². The molecule has 3 aromatic rings. The molecule has 7 nitrogen and oxygen atoms in total. The van der Waals surface area contributed by atoms with Crippen LogP contribution in [0.3, 0.4) is 0 Å². The van der Waals surface area contributed by atoms with E-state index in [9.17, 15) is 4.79 Å². The molecule has 10 heteroatoms. The van der Waals surface area contributed by atoms with Crippen LogP contribution in [0.5, 0.6) is 0 Å². The summed E-state index contributed by atoms with van der Waals surface area (Å²) in [5.74, 6) is 0.275. The Labute approximate surface area is 207 Å². The number of anilines is 2. The van der Waals surface area contributed by atoms with Crippen molar-refractivity contribution in [2.75, 3.05) is 42.9 Å². The zero-order chi connectivity index (χ0) is 23.2. The lowest BCUT2D eigenvalue weighted by atomic mass is 10.2. The van der Waals surface area contributed by atoms with Gasteiger partial charge in [0.1, 0.15) is 10.8 Å². The van der Waals surface area contributed by atoms with Gasteiger partial charge in [-0.2, -0.15) is 4.98 Å². The van der Waals surface area contributed by atoms with Crippen molar-refractivity contribution >= 4 is 58.3 Å². The number of piperazine rings is 1.